The number of hydrogen-bond acceptors (Lipinski definition) is 5. The number of aliphatic hydroxyl groups excluding tert-OH is 1. The van der Waals surface area contributed by atoms with Crippen molar-refractivity contribution < 1.29 is 14.2 Å². The Kier molecular flexibility index (Phi) is 4.35. The standard InChI is InChI=1S/C15H22FN3O2/c1-2-11-14(16)15(18-9-17-11)19-6-3-4-12(19)10-8-21-7-5-13(10)20/h9-10,12-13,20H,2-8H2,1H3/t10-,12+,13+/m0/s1. The van der Waals surface area contributed by atoms with Gasteiger partial charge in [-0.25, -0.2) is 14.4 Å². The topological polar surface area (TPSA) is 58.5 Å². The van der Waals surface area contributed by atoms with Gasteiger partial charge in [-0.1, -0.05) is 6.92 Å². The van der Waals surface area contributed by atoms with Crippen LogP contribution in [0.2, 0.25) is 0 Å². The molecule has 2 aliphatic heterocycles. The van der Waals surface area contributed by atoms with Gasteiger partial charge in [0.25, 0.3) is 0 Å². The van der Waals surface area contributed by atoms with Gasteiger partial charge in [0.1, 0.15) is 6.33 Å². The predicted molar refractivity (Wildman–Crippen MR) is 76.7 cm³/mol. The van der Waals surface area contributed by atoms with Gasteiger partial charge < -0.3 is 14.7 Å². The molecule has 0 radical (unpaired) electrons. The van der Waals surface area contributed by atoms with Crippen molar-refractivity contribution in [3.8, 4) is 0 Å². The second-order valence-corrected chi connectivity index (χ2v) is 5.81. The molecule has 0 saturated carbocycles. The summed E-state index contributed by atoms with van der Waals surface area (Å²) in [6.45, 7) is 3.79. The number of ether oxygens (including phenoxy) is 1. The van der Waals surface area contributed by atoms with E-state index in [1.807, 2.05) is 11.8 Å². The van der Waals surface area contributed by atoms with Crippen LogP contribution < -0.4 is 4.90 Å². The summed E-state index contributed by atoms with van der Waals surface area (Å²) in [7, 11) is 0. The van der Waals surface area contributed by atoms with Crippen molar-refractivity contribution in [2.24, 2.45) is 5.92 Å². The summed E-state index contributed by atoms with van der Waals surface area (Å²) >= 11 is 0. The number of nitrogens with zero attached hydrogens (tertiary/aromatic N) is 3. The normalized spacial score (nSPS) is 29.9. The Labute approximate surface area is 124 Å². The maximum Gasteiger partial charge on any atom is 0.187 e. The molecule has 21 heavy (non-hydrogen) atoms. The van der Waals surface area contributed by atoms with Crippen LogP contribution in [0.1, 0.15) is 31.9 Å². The highest BCUT2D eigenvalue weighted by Gasteiger charge is 2.39. The molecule has 3 atom stereocenters. The van der Waals surface area contributed by atoms with Gasteiger partial charge in [-0.05, 0) is 25.7 Å². The summed E-state index contributed by atoms with van der Waals surface area (Å²) in [4.78, 5) is 10.1. The highest BCUT2D eigenvalue weighted by Crippen LogP contribution is 2.34. The van der Waals surface area contributed by atoms with E-state index in [0.717, 1.165) is 19.4 Å². The number of halogens is 1. The Morgan fingerprint density at radius 1 is 1.43 bits per heavy atom. The number of hydrogen-bond donors (Lipinski definition) is 1. The molecular formula is C15H22FN3O2. The highest BCUT2D eigenvalue weighted by atomic mass is 19.1. The molecule has 116 valence electrons. The Morgan fingerprint density at radius 2 is 2.29 bits per heavy atom. The molecule has 1 aromatic heterocycles. The third-order valence-electron chi connectivity index (χ3n) is 4.61. The van der Waals surface area contributed by atoms with E-state index in [1.165, 1.54) is 6.33 Å². The molecule has 2 fully saturated rings. The molecular weight excluding hydrogens is 273 g/mol. The van der Waals surface area contributed by atoms with E-state index in [-0.39, 0.29) is 23.9 Å². The minimum Gasteiger partial charge on any atom is -0.393 e. The van der Waals surface area contributed by atoms with Gasteiger partial charge in [-0.3, -0.25) is 0 Å². The van der Waals surface area contributed by atoms with E-state index in [9.17, 15) is 9.50 Å². The van der Waals surface area contributed by atoms with Crippen LogP contribution in [0.3, 0.4) is 0 Å². The van der Waals surface area contributed by atoms with Crippen LogP contribution in [0.15, 0.2) is 6.33 Å². The zero-order chi connectivity index (χ0) is 14.8. The Bertz CT molecular complexity index is 500. The molecule has 6 heteroatoms. The minimum absolute atomic E-state index is 0.0284. The Hall–Kier alpha value is -1.27. The third-order valence-corrected chi connectivity index (χ3v) is 4.61. The van der Waals surface area contributed by atoms with Gasteiger partial charge in [0.2, 0.25) is 0 Å². The van der Waals surface area contributed by atoms with Crippen LogP contribution in [0.5, 0.6) is 0 Å². The van der Waals surface area contributed by atoms with Crippen molar-refractivity contribution in [1.29, 1.82) is 0 Å². The number of aromatic nitrogens is 2. The van der Waals surface area contributed by atoms with Crippen LogP contribution >= 0.6 is 0 Å². The fourth-order valence-electron chi connectivity index (χ4n) is 3.46. The molecule has 0 bridgehead atoms. The molecule has 2 aliphatic rings. The molecule has 0 spiro atoms. The summed E-state index contributed by atoms with van der Waals surface area (Å²) in [6.07, 6.45) is 4.19. The molecule has 0 unspecified atom stereocenters. The van der Waals surface area contributed by atoms with E-state index in [0.29, 0.717) is 37.6 Å². The molecule has 5 nitrogen and oxygen atoms in total. The average Bonchev–Trinajstić information content (AvgIpc) is 2.97. The monoisotopic (exact) mass is 295 g/mol. The number of aliphatic hydroxyl groups is 1. The number of rotatable bonds is 3. The maximum absolute atomic E-state index is 14.5. The molecule has 3 heterocycles. The highest BCUT2D eigenvalue weighted by molar-refractivity contribution is 5.43. The molecule has 0 aromatic carbocycles. The fourth-order valence-corrected chi connectivity index (χ4v) is 3.46. The average molecular weight is 295 g/mol. The molecule has 1 N–H and O–H groups in total. The van der Waals surface area contributed by atoms with Gasteiger partial charge >= 0.3 is 0 Å². The number of anilines is 1. The molecule has 3 rings (SSSR count). The van der Waals surface area contributed by atoms with E-state index < -0.39 is 0 Å². The van der Waals surface area contributed by atoms with Crippen molar-refractivity contribution >= 4 is 5.82 Å². The van der Waals surface area contributed by atoms with Crippen LogP contribution in [-0.4, -0.2) is 47.0 Å². The van der Waals surface area contributed by atoms with Crippen LogP contribution in [0.4, 0.5) is 10.2 Å². The first-order chi connectivity index (χ1) is 10.2. The fraction of sp³-hybridized carbons (Fsp3) is 0.733. The SMILES string of the molecule is CCc1ncnc(N2CCC[C@@H]2[C@@H]2COCC[C@H]2O)c1F. The van der Waals surface area contributed by atoms with Crippen molar-refractivity contribution in [2.45, 2.75) is 44.8 Å². The lowest BCUT2D eigenvalue weighted by Gasteiger charge is -2.37. The van der Waals surface area contributed by atoms with E-state index in [2.05, 4.69) is 9.97 Å². The van der Waals surface area contributed by atoms with Crippen molar-refractivity contribution in [3.63, 3.8) is 0 Å². The quantitative estimate of drug-likeness (QED) is 0.917. The van der Waals surface area contributed by atoms with Gasteiger partial charge in [0.05, 0.1) is 18.4 Å². The largest absolute Gasteiger partial charge is 0.393 e. The van der Waals surface area contributed by atoms with Gasteiger partial charge in [-0.2, -0.15) is 0 Å². The second kappa shape index (κ2) is 6.23. The van der Waals surface area contributed by atoms with E-state index >= 15 is 0 Å². The van der Waals surface area contributed by atoms with E-state index in [1.54, 1.807) is 0 Å². The lowest BCUT2D eigenvalue weighted by atomic mass is 9.89. The first kappa shape index (κ1) is 14.7. The Balaban J connectivity index is 1.87. The lowest BCUT2D eigenvalue weighted by molar-refractivity contribution is -0.0438. The van der Waals surface area contributed by atoms with Gasteiger partial charge in [-0.15, -0.1) is 0 Å². The third kappa shape index (κ3) is 2.74. The van der Waals surface area contributed by atoms with Crippen LogP contribution in [0, 0.1) is 11.7 Å². The summed E-state index contributed by atoms with van der Waals surface area (Å²) in [5, 5.41) is 10.2. The zero-order valence-electron chi connectivity index (χ0n) is 12.3. The predicted octanol–water partition coefficient (Wildman–Crippen LogP) is 1.54. The van der Waals surface area contributed by atoms with Gasteiger partial charge in [0, 0.05) is 25.1 Å². The minimum atomic E-state index is -0.375. The smallest absolute Gasteiger partial charge is 0.187 e. The molecule has 0 aliphatic carbocycles. The second-order valence-electron chi connectivity index (χ2n) is 5.81. The summed E-state index contributed by atoms with van der Waals surface area (Å²) < 4.78 is 20.0. The first-order valence-electron chi connectivity index (χ1n) is 7.74. The van der Waals surface area contributed by atoms with Gasteiger partial charge in [0.15, 0.2) is 11.6 Å². The van der Waals surface area contributed by atoms with Crippen LogP contribution in [0.25, 0.3) is 0 Å². The lowest BCUT2D eigenvalue weighted by Crippen LogP contribution is -2.46. The summed E-state index contributed by atoms with van der Waals surface area (Å²) in [5.41, 5.74) is 0.450. The van der Waals surface area contributed by atoms with Crippen LogP contribution in [-0.2, 0) is 11.2 Å². The summed E-state index contributed by atoms with van der Waals surface area (Å²) in [5.74, 6) is 0.0842. The first-order valence-corrected chi connectivity index (χ1v) is 7.74. The maximum atomic E-state index is 14.5. The Morgan fingerprint density at radius 3 is 3.05 bits per heavy atom. The molecule has 2 saturated heterocycles. The van der Waals surface area contributed by atoms with Crippen molar-refractivity contribution in [2.75, 3.05) is 24.7 Å². The van der Waals surface area contributed by atoms with Crippen molar-refractivity contribution in [3.05, 3.63) is 17.8 Å². The van der Waals surface area contributed by atoms with Crippen molar-refractivity contribution in [1.82, 2.24) is 9.97 Å². The molecule has 0 amide bonds. The molecule has 1 aromatic rings. The van der Waals surface area contributed by atoms with E-state index in [4.69, 9.17) is 4.74 Å². The zero-order valence-corrected chi connectivity index (χ0v) is 12.3. The number of aryl methyl sites for hydroxylation is 1. The summed E-state index contributed by atoms with van der Waals surface area (Å²) in [6, 6.07) is 0.0920.